The molecule has 1 unspecified atom stereocenters. The lowest BCUT2D eigenvalue weighted by atomic mass is 10.1. The third-order valence-corrected chi connectivity index (χ3v) is 6.45. The van der Waals surface area contributed by atoms with Gasteiger partial charge in [-0.25, -0.2) is 12.8 Å². The molecular weight excluding hydrogens is 279 g/mol. The highest BCUT2D eigenvalue weighted by Gasteiger charge is 2.37. The van der Waals surface area contributed by atoms with Crippen molar-refractivity contribution in [2.75, 3.05) is 12.8 Å². The molecule has 1 aromatic rings. The maximum absolute atomic E-state index is 13.6. The van der Waals surface area contributed by atoms with Crippen LogP contribution in [0.3, 0.4) is 0 Å². The van der Waals surface area contributed by atoms with Crippen molar-refractivity contribution in [3.8, 4) is 0 Å². The lowest BCUT2D eigenvalue weighted by Crippen LogP contribution is -2.37. The summed E-state index contributed by atoms with van der Waals surface area (Å²) in [7, 11) is -2.08. The predicted molar refractivity (Wildman–Crippen MR) is 77.4 cm³/mol. The number of anilines is 1. The Balaban J connectivity index is 2.51. The summed E-state index contributed by atoms with van der Waals surface area (Å²) < 4.78 is 40.5. The Kier molecular flexibility index (Phi) is 3.81. The average molecular weight is 300 g/mol. The van der Waals surface area contributed by atoms with E-state index >= 15 is 0 Å². The summed E-state index contributed by atoms with van der Waals surface area (Å²) in [5.41, 5.74) is 6.22. The summed E-state index contributed by atoms with van der Waals surface area (Å²) in [5, 5.41) is 0. The monoisotopic (exact) mass is 300 g/mol. The van der Waals surface area contributed by atoms with E-state index in [9.17, 15) is 12.8 Å². The van der Waals surface area contributed by atoms with Gasteiger partial charge in [0.1, 0.15) is 5.82 Å². The van der Waals surface area contributed by atoms with E-state index in [2.05, 4.69) is 0 Å². The molecule has 1 aliphatic rings. The minimum Gasteiger partial charge on any atom is -0.396 e. The zero-order valence-corrected chi connectivity index (χ0v) is 13.1. The van der Waals surface area contributed by atoms with Crippen molar-refractivity contribution in [1.82, 2.24) is 4.31 Å². The average Bonchev–Trinajstić information content (AvgIpc) is 3.18. The molecule has 0 aliphatic heterocycles. The van der Waals surface area contributed by atoms with Crippen LogP contribution in [0.4, 0.5) is 10.1 Å². The van der Waals surface area contributed by atoms with E-state index in [4.69, 9.17) is 5.73 Å². The third-order valence-electron chi connectivity index (χ3n) is 4.22. The number of halogens is 1. The Bertz CT molecular complexity index is 639. The van der Waals surface area contributed by atoms with Gasteiger partial charge in [0.05, 0.1) is 10.6 Å². The first-order valence-electron chi connectivity index (χ1n) is 6.71. The number of sulfonamides is 1. The third kappa shape index (κ3) is 2.42. The predicted octanol–water partition coefficient (Wildman–Crippen LogP) is 2.44. The van der Waals surface area contributed by atoms with E-state index in [1.165, 1.54) is 10.4 Å². The van der Waals surface area contributed by atoms with Gasteiger partial charge in [-0.15, -0.1) is 0 Å². The summed E-state index contributed by atoms with van der Waals surface area (Å²) in [6.45, 7) is 5.05. The van der Waals surface area contributed by atoms with Gasteiger partial charge in [-0.1, -0.05) is 0 Å². The summed E-state index contributed by atoms with van der Waals surface area (Å²) in [6, 6.07) is 1.13. The second-order valence-electron chi connectivity index (χ2n) is 5.64. The molecular formula is C14H21FN2O2S. The number of nitrogen functional groups attached to an aromatic ring is 1. The molecule has 0 saturated heterocycles. The molecule has 6 heteroatoms. The summed E-state index contributed by atoms with van der Waals surface area (Å²) in [6.07, 6.45) is 2.12. The normalized spacial score (nSPS) is 17.5. The molecule has 1 aliphatic carbocycles. The van der Waals surface area contributed by atoms with Crippen molar-refractivity contribution in [2.45, 2.75) is 44.6 Å². The van der Waals surface area contributed by atoms with Crippen LogP contribution in [0.1, 0.15) is 30.9 Å². The van der Waals surface area contributed by atoms with Crippen LogP contribution in [0, 0.1) is 25.6 Å². The number of rotatable bonds is 4. The lowest BCUT2D eigenvalue weighted by Gasteiger charge is -2.26. The molecule has 0 spiro atoms. The van der Waals surface area contributed by atoms with Gasteiger partial charge in [-0.05, 0) is 56.7 Å². The highest BCUT2D eigenvalue weighted by molar-refractivity contribution is 7.89. The lowest BCUT2D eigenvalue weighted by molar-refractivity contribution is 0.356. The molecule has 0 bridgehead atoms. The molecule has 2 N–H and O–H groups in total. The second kappa shape index (κ2) is 5.00. The molecule has 1 saturated carbocycles. The van der Waals surface area contributed by atoms with Crippen molar-refractivity contribution in [3.63, 3.8) is 0 Å². The molecule has 0 radical (unpaired) electrons. The summed E-state index contributed by atoms with van der Waals surface area (Å²) >= 11 is 0. The van der Waals surface area contributed by atoms with Crippen LogP contribution < -0.4 is 5.73 Å². The first-order valence-corrected chi connectivity index (χ1v) is 8.15. The zero-order chi connectivity index (χ0) is 15.2. The van der Waals surface area contributed by atoms with Gasteiger partial charge in [0.25, 0.3) is 0 Å². The Morgan fingerprint density at radius 1 is 1.40 bits per heavy atom. The molecule has 1 atom stereocenters. The molecule has 0 heterocycles. The van der Waals surface area contributed by atoms with E-state index in [1.807, 2.05) is 6.92 Å². The smallest absolute Gasteiger partial charge is 0.243 e. The quantitative estimate of drug-likeness (QED) is 0.869. The highest BCUT2D eigenvalue weighted by atomic mass is 32.2. The number of nitrogens with zero attached hydrogens (tertiary/aromatic N) is 1. The van der Waals surface area contributed by atoms with Gasteiger partial charge in [0.2, 0.25) is 10.0 Å². The van der Waals surface area contributed by atoms with Crippen LogP contribution in [0.5, 0.6) is 0 Å². The molecule has 112 valence electrons. The zero-order valence-electron chi connectivity index (χ0n) is 12.3. The van der Waals surface area contributed by atoms with Gasteiger partial charge in [-0.3, -0.25) is 0 Å². The number of aryl methyl sites for hydroxylation is 1. The van der Waals surface area contributed by atoms with Crippen molar-refractivity contribution < 1.29 is 12.8 Å². The van der Waals surface area contributed by atoms with Crippen molar-refractivity contribution in [1.29, 1.82) is 0 Å². The molecule has 1 fully saturated rings. The van der Waals surface area contributed by atoms with Gasteiger partial charge in [0.15, 0.2) is 0 Å². The first-order chi connectivity index (χ1) is 9.17. The Labute approximate surface area is 119 Å². The van der Waals surface area contributed by atoms with E-state index in [1.54, 1.807) is 20.9 Å². The van der Waals surface area contributed by atoms with Crippen molar-refractivity contribution >= 4 is 15.7 Å². The number of hydrogen-bond donors (Lipinski definition) is 1. The Morgan fingerprint density at radius 2 is 1.95 bits per heavy atom. The molecule has 4 nitrogen and oxygen atoms in total. The largest absolute Gasteiger partial charge is 0.396 e. The summed E-state index contributed by atoms with van der Waals surface area (Å²) in [5.74, 6) is -0.148. The Hall–Kier alpha value is -1.14. The van der Waals surface area contributed by atoms with Crippen molar-refractivity contribution in [3.05, 3.63) is 23.0 Å². The second-order valence-corrected chi connectivity index (χ2v) is 7.58. The topological polar surface area (TPSA) is 63.4 Å². The number of benzene rings is 1. The minimum absolute atomic E-state index is 0.0509. The number of nitrogens with two attached hydrogens (primary N) is 1. The summed E-state index contributed by atoms with van der Waals surface area (Å²) in [4.78, 5) is 0.131. The molecule has 1 aromatic carbocycles. The molecule has 0 amide bonds. The number of hydrogen-bond acceptors (Lipinski definition) is 3. The van der Waals surface area contributed by atoms with Crippen LogP contribution in [-0.4, -0.2) is 25.8 Å². The fourth-order valence-corrected chi connectivity index (χ4v) is 4.43. The van der Waals surface area contributed by atoms with Gasteiger partial charge < -0.3 is 5.73 Å². The highest BCUT2D eigenvalue weighted by Crippen LogP contribution is 2.37. The van der Waals surface area contributed by atoms with Crippen LogP contribution in [-0.2, 0) is 10.0 Å². The first kappa shape index (κ1) is 15.3. The molecule has 0 aromatic heterocycles. The van der Waals surface area contributed by atoms with E-state index in [0.717, 1.165) is 12.8 Å². The minimum atomic E-state index is -3.66. The van der Waals surface area contributed by atoms with Crippen LogP contribution >= 0.6 is 0 Å². The molecule has 20 heavy (non-hydrogen) atoms. The van der Waals surface area contributed by atoms with Gasteiger partial charge in [-0.2, -0.15) is 4.31 Å². The van der Waals surface area contributed by atoms with E-state index < -0.39 is 15.8 Å². The Morgan fingerprint density at radius 3 is 2.45 bits per heavy atom. The standard InChI is InChI=1S/C14H21FN2O2S/c1-8-7-12(15)13(16)9(2)14(8)20(18,19)17(4)10(3)11-5-6-11/h7,10-11H,5-6,16H2,1-4H3. The van der Waals surface area contributed by atoms with Gasteiger partial charge >= 0.3 is 0 Å². The van der Waals surface area contributed by atoms with Gasteiger partial charge in [0, 0.05) is 13.1 Å². The van der Waals surface area contributed by atoms with E-state index in [-0.39, 0.29) is 22.2 Å². The van der Waals surface area contributed by atoms with Crippen LogP contribution in [0.2, 0.25) is 0 Å². The van der Waals surface area contributed by atoms with E-state index in [0.29, 0.717) is 11.5 Å². The SMILES string of the molecule is Cc1cc(F)c(N)c(C)c1S(=O)(=O)N(C)C(C)C1CC1. The van der Waals surface area contributed by atoms with Crippen LogP contribution in [0.25, 0.3) is 0 Å². The van der Waals surface area contributed by atoms with Crippen molar-refractivity contribution in [2.24, 2.45) is 5.92 Å². The fraction of sp³-hybridized carbons (Fsp3) is 0.571. The maximum Gasteiger partial charge on any atom is 0.243 e. The van der Waals surface area contributed by atoms with Crippen LogP contribution in [0.15, 0.2) is 11.0 Å². The maximum atomic E-state index is 13.6. The molecule has 2 rings (SSSR count). The fourth-order valence-electron chi connectivity index (χ4n) is 2.57.